The van der Waals surface area contributed by atoms with Crippen LogP contribution in [-0.2, 0) is 14.3 Å². The molecule has 0 saturated carbocycles. The van der Waals surface area contributed by atoms with E-state index in [1.165, 1.54) is 0 Å². The minimum atomic E-state index is -4.04. The minimum absolute atomic E-state index is 0.118. The zero-order chi connectivity index (χ0) is 21.7. The van der Waals surface area contributed by atoms with Gasteiger partial charge >= 0.3 is 10.1 Å². The summed E-state index contributed by atoms with van der Waals surface area (Å²) >= 11 is 0. The first kappa shape index (κ1) is 20.6. The van der Waals surface area contributed by atoms with Crippen LogP contribution in [0.3, 0.4) is 0 Å². The second-order valence-corrected chi connectivity index (χ2v) is 8.70. The number of aryl methyl sites for hydroxylation is 1. The van der Waals surface area contributed by atoms with E-state index >= 15 is 0 Å². The quantitative estimate of drug-likeness (QED) is 0.206. The molecular weight excluding hydrogens is 404 g/mol. The van der Waals surface area contributed by atoms with E-state index in [0.29, 0.717) is 16.9 Å². The minimum Gasteiger partial charge on any atom is -0.378 e. The SMILES string of the molecule is Cc1ccc(S(=O)(=O)OC(=C(c2ccccc2)c2ccccc2)c2ccccc2)cc1. The third-order valence-corrected chi connectivity index (χ3v) is 6.13. The monoisotopic (exact) mass is 426 g/mol. The number of hydrogen-bond donors (Lipinski definition) is 0. The fourth-order valence-electron chi connectivity index (χ4n) is 3.32. The lowest BCUT2D eigenvalue weighted by atomic mass is 9.94. The van der Waals surface area contributed by atoms with Crippen molar-refractivity contribution in [2.45, 2.75) is 11.8 Å². The van der Waals surface area contributed by atoms with Crippen molar-refractivity contribution in [3.05, 3.63) is 138 Å². The molecule has 0 saturated heterocycles. The van der Waals surface area contributed by atoms with Gasteiger partial charge in [-0.15, -0.1) is 0 Å². The Morgan fingerprint density at radius 1 is 0.581 bits per heavy atom. The van der Waals surface area contributed by atoms with Crippen LogP contribution in [0.15, 0.2) is 120 Å². The average Bonchev–Trinajstić information content (AvgIpc) is 2.81. The van der Waals surface area contributed by atoms with Gasteiger partial charge in [-0.3, -0.25) is 0 Å². The van der Waals surface area contributed by atoms with Crippen LogP contribution in [0, 0.1) is 6.92 Å². The van der Waals surface area contributed by atoms with Crippen LogP contribution in [0.5, 0.6) is 0 Å². The van der Waals surface area contributed by atoms with E-state index in [-0.39, 0.29) is 4.90 Å². The molecule has 0 bridgehead atoms. The zero-order valence-corrected chi connectivity index (χ0v) is 17.9. The topological polar surface area (TPSA) is 43.4 Å². The lowest BCUT2D eigenvalue weighted by Gasteiger charge is -2.18. The van der Waals surface area contributed by atoms with Crippen LogP contribution >= 0.6 is 0 Å². The Morgan fingerprint density at radius 2 is 1.00 bits per heavy atom. The summed E-state index contributed by atoms with van der Waals surface area (Å²) in [5, 5.41) is 0. The Balaban J connectivity index is 1.96. The summed E-state index contributed by atoms with van der Waals surface area (Å²) in [6, 6.07) is 35.4. The normalized spacial score (nSPS) is 11.0. The van der Waals surface area contributed by atoms with Gasteiger partial charge in [0.1, 0.15) is 4.90 Å². The van der Waals surface area contributed by atoms with Crippen molar-refractivity contribution in [1.82, 2.24) is 0 Å². The van der Waals surface area contributed by atoms with Gasteiger partial charge in [0.15, 0.2) is 5.76 Å². The highest BCUT2D eigenvalue weighted by atomic mass is 32.2. The van der Waals surface area contributed by atoms with Crippen LogP contribution in [-0.4, -0.2) is 8.42 Å². The molecule has 0 heterocycles. The Labute approximate surface area is 183 Å². The Hall–Kier alpha value is -3.63. The molecule has 0 atom stereocenters. The van der Waals surface area contributed by atoms with E-state index in [0.717, 1.165) is 16.7 Å². The first-order chi connectivity index (χ1) is 15.0. The summed E-state index contributed by atoms with van der Waals surface area (Å²) < 4.78 is 32.3. The van der Waals surface area contributed by atoms with Crippen molar-refractivity contribution in [2.24, 2.45) is 0 Å². The van der Waals surface area contributed by atoms with Gasteiger partial charge in [0.2, 0.25) is 0 Å². The van der Waals surface area contributed by atoms with Gasteiger partial charge < -0.3 is 4.18 Å². The standard InChI is InChI=1S/C27H22O3S/c1-21-17-19-25(20-18-21)31(28,29)30-27(24-15-9-4-10-16-24)26(22-11-5-2-6-12-22)23-13-7-3-8-14-23/h2-20H,1H3. The molecule has 0 aliphatic heterocycles. The summed E-state index contributed by atoms with van der Waals surface area (Å²) in [6.45, 7) is 1.91. The number of hydrogen-bond acceptors (Lipinski definition) is 3. The maximum absolute atomic E-state index is 13.2. The highest BCUT2D eigenvalue weighted by Crippen LogP contribution is 2.35. The molecule has 4 aromatic carbocycles. The van der Waals surface area contributed by atoms with Crippen LogP contribution in [0.1, 0.15) is 22.3 Å². The van der Waals surface area contributed by atoms with Crippen molar-refractivity contribution >= 4 is 21.5 Å². The van der Waals surface area contributed by atoms with Gasteiger partial charge in [-0.25, -0.2) is 0 Å². The maximum Gasteiger partial charge on any atom is 0.339 e. The average molecular weight is 427 g/mol. The van der Waals surface area contributed by atoms with Crippen molar-refractivity contribution in [2.75, 3.05) is 0 Å². The Bertz CT molecular complexity index is 1240. The van der Waals surface area contributed by atoms with Crippen molar-refractivity contribution in [1.29, 1.82) is 0 Å². The summed E-state index contributed by atoms with van der Waals surface area (Å²) in [5.41, 5.74) is 4.11. The Kier molecular flexibility index (Phi) is 6.01. The molecule has 0 aliphatic rings. The molecular formula is C27H22O3S. The molecule has 4 rings (SSSR count). The van der Waals surface area contributed by atoms with E-state index in [2.05, 4.69) is 0 Å². The van der Waals surface area contributed by atoms with Gasteiger partial charge in [-0.2, -0.15) is 8.42 Å². The molecule has 31 heavy (non-hydrogen) atoms. The second kappa shape index (κ2) is 9.02. The first-order valence-corrected chi connectivity index (χ1v) is 11.4. The summed E-state index contributed by atoms with van der Waals surface area (Å²) in [6.07, 6.45) is 0. The largest absolute Gasteiger partial charge is 0.378 e. The van der Waals surface area contributed by atoms with Crippen molar-refractivity contribution < 1.29 is 12.6 Å². The van der Waals surface area contributed by atoms with Gasteiger partial charge in [0, 0.05) is 11.1 Å². The van der Waals surface area contributed by atoms with Gasteiger partial charge in [0.25, 0.3) is 0 Å². The molecule has 0 radical (unpaired) electrons. The van der Waals surface area contributed by atoms with Crippen molar-refractivity contribution in [3.8, 4) is 0 Å². The molecule has 0 N–H and O–H groups in total. The Morgan fingerprint density at radius 3 is 1.45 bits per heavy atom. The molecule has 3 nitrogen and oxygen atoms in total. The van der Waals surface area contributed by atoms with Gasteiger partial charge in [-0.1, -0.05) is 109 Å². The van der Waals surface area contributed by atoms with Gasteiger partial charge in [0.05, 0.1) is 0 Å². The molecule has 4 aromatic rings. The first-order valence-electron chi connectivity index (χ1n) is 9.96. The summed E-state index contributed by atoms with van der Waals surface area (Å²) in [4.78, 5) is 0.118. The smallest absolute Gasteiger partial charge is 0.339 e. The molecule has 154 valence electrons. The lowest BCUT2D eigenvalue weighted by molar-refractivity contribution is 0.464. The maximum atomic E-state index is 13.2. The van der Waals surface area contributed by atoms with Crippen molar-refractivity contribution in [3.63, 3.8) is 0 Å². The zero-order valence-electron chi connectivity index (χ0n) is 17.1. The highest BCUT2D eigenvalue weighted by molar-refractivity contribution is 7.87. The highest BCUT2D eigenvalue weighted by Gasteiger charge is 2.23. The molecule has 0 fully saturated rings. The van der Waals surface area contributed by atoms with Crippen LogP contribution in [0.4, 0.5) is 0 Å². The van der Waals surface area contributed by atoms with E-state index in [1.54, 1.807) is 24.3 Å². The third-order valence-electron chi connectivity index (χ3n) is 4.89. The predicted octanol–water partition coefficient (Wildman–Crippen LogP) is 6.32. The molecule has 0 amide bonds. The molecule has 0 aromatic heterocycles. The van der Waals surface area contributed by atoms with Crippen LogP contribution in [0.25, 0.3) is 11.3 Å². The second-order valence-electron chi connectivity index (χ2n) is 7.15. The molecule has 4 heteroatoms. The summed E-state index contributed by atoms with van der Waals surface area (Å²) in [5.74, 6) is 0.290. The number of rotatable bonds is 6. The van der Waals surface area contributed by atoms with Crippen LogP contribution in [0.2, 0.25) is 0 Å². The molecule has 0 unspecified atom stereocenters. The molecule has 0 spiro atoms. The summed E-state index contributed by atoms with van der Waals surface area (Å²) in [7, 11) is -4.04. The lowest BCUT2D eigenvalue weighted by Crippen LogP contribution is -2.08. The predicted molar refractivity (Wildman–Crippen MR) is 125 cm³/mol. The van der Waals surface area contributed by atoms with E-state index in [4.69, 9.17) is 4.18 Å². The third kappa shape index (κ3) is 4.76. The molecule has 0 aliphatic carbocycles. The van der Waals surface area contributed by atoms with Crippen LogP contribution < -0.4 is 0 Å². The fraction of sp³-hybridized carbons (Fsp3) is 0.0370. The number of benzene rings is 4. The van der Waals surface area contributed by atoms with E-state index < -0.39 is 10.1 Å². The van der Waals surface area contributed by atoms with E-state index in [9.17, 15) is 8.42 Å². The van der Waals surface area contributed by atoms with E-state index in [1.807, 2.05) is 97.9 Å². The fourth-order valence-corrected chi connectivity index (χ4v) is 4.29. The van der Waals surface area contributed by atoms with Gasteiger partial charge in [-0.05, 0) is 30.2 Å².